The third kappa shape index (κ3) is 5.44. The minimum Gasteiger partial charge on any atom is -0.486 e. The summed E-state index contributed by atoms with van der Waals surface area (Å²) in [5, 5.41) is 12.5. The molecule has 0 atom stereocenters. The van der Waals surface area contributed by atoms with Crippen LogP contribution in [0.2, 0.25) is 0 Å². The molecule has 0 saturated carbocycles. The van der Waals surface area contributed by atoms with Gasteiger partial charge in [0.25, 0.3) is 0 Å². The Morgan fingerprint density at radius 2 is 1.97 bits per heavy atom. The summed E-state index contributed by atoms with van der Waals surface area (Å²) in [6.07, 6.45) is 3.79. The van der Waals surface area contributed by atoms with E-state index in [-0.39, 0.29) is 24.2 Å². The van der Waals surface area contributed by atoms with Crippen molar-refractivity contribution in [1.82, 2.24) is 14.8 Å². The number of esters is 1. The molecule has 0 unspecified atom stereocenters. The highest BCUT2D eigenvalue weighted by Gasteiger charge is 2.28. The number of benzene rings is 1. The van der Waals surface area contributed by atoms with E-state index in [2.05, 4.69) is 22.4 Å². The van der Waals surface area contributed by atoms with Crippen LogP contribution >= 0.6 is 23.1 Å². The lowest BCUT2D eigenvalue weighted by molar-refractivity contribution is -0.113. The number of thiophene rings is 1. The van der Waals surface area contributed by atoms with E-state index in [4.69, 9.17) is 9.47 Å². The molecular weight excluding hydrogens is 472 g/mol. The smallest absolute Gasteiger partial charge is 0.341 e. The molecule has 8 nitrogen and oxygen atoms in total. The fraction of sp³-hybridized carbons (Fsp3) is 0.417. The van der Waals surface area contributed by atoms with Crippen LogP contribution in [0.5, 0.6) is 5.75 Å². The molecule has 0 fully saturated rings. The second-order valence-electron chi connectivity index (χ2n) is 7.86. The highest BCUT2D eigenvalue weighted by atomic mass is 32.2. The summed E-state index contributed by atoms with van der Waals surface area (Å²) in [7, 11) is 1.85. The van der Waals surface area contributed by atoms with Crippen LogP contribution in [0.3, 0.4) is 0 Å². The van der Waals surface area contributed by atoms with Crippen LogP contribution in [-0.4, -0.2) is 39.0 Å². The summed E-state index contributed by atoms with van der Waals surface area (Å²) >= 11 is 2.76. The first kappa shape index (κ1) is 24.3. The lowest BCUT2D eigenvalue weighted by Gasteiger charge is -2.08. The van der Waals surface area contributed by atoms with Gasteiger partial charge < -0.3 is 19.4 Å². The van der Waals surface area contributed by atoms with E-state index < -0.39 is 0 Å². The summed E-state index contributed by atoms with van der Waals surface area (Å²) in [4.78, 5) is 26.3. The van der Waals surface area contributed by atoms with Crippen LogP contribution in [0.1, 0.15) is 52.5 Å². The van der Waals surface area contributed by atoms with Gasteiger partial charge in [0, 0.05) is 11.9 Å². The maximum Gasteiger partial charge on any atom is 0.341 e. The number of aryl methyl sites for hydroxylation is 2. The van der Waals surface area contributed by atoms with Gasteiger partial charge in [-0.15, -0.1) is 21.5 Å². The molecule has 180 valence electrons. The van der Waals surface area contributed by atoms with Crippen LogP contribution in [-0.2, 0) is 42.4 Å². The van der Waals surface area contributed by atoms with Crippen molar-refractivity contribution >= 4 is 40.0 Å². The van der Waals surface area contributed by atoms with Crippen molar-refractivity contribution in [2.75, 3.05) is 17.7 Å². The summed E-state index contributed by atoms with van der Waals surface area (Å²) in [6.45, 7) is 4.47. The van der Waals surface area contributed by atoms with Gasteiger partial charge in [-0.3, -0.25) is 4.79 Å². The normalized spacial score (nSPS) is 12.4. The minimum atomic E-state index is -0.368. The van der Waals surface area contributed by atoms with E-state index in [0.717, 1.165) is 41.9 Å². The topological polar surface area (TPSA) is 95.3 Å². The monoisotopic (exact) mass is 500 g/mol. The standard InChI is InChI=1S/C24H28N4O4S2/c1-4-15-9-11-16(12-10-15)32-13-19-26-27-24(28(19)3)33-14-20(29)25-22-21(23(30)31-5-2)17-7-6-8-18(17)34-22/h9-12H,4-8,13-14H2,1-3H3,(H,25,29). The lowest BCUT2D eigenvalue weighted by Crippen LogP contribution is -2.17. The Morgan fingerprint density at radius 1 is 1.18 bits per heavy atom. The molecule has 10 heteroatoms. The predicted molar refractivity (Wildman–Crippen MR) is 133 cm³/mol. The van der Waals surface area contributed by atoms with E-state index in [9.17, 15) is 9.59 Å². The maximum absolute atomic E-state index is 12.7. The average Bonchev–Trinajstić information content (AvgIpc) is 3.51. The van der Waals surface area contributed by atoms with Crippen LogP contribution < -0.4 is 10.1 Å². The third-order valence-electron chi connectivity index (χ3n) is 5.61. The van der Waals surface area contributed by atoms with Crippen LogP contribution in [0.4, 0.5) is 5.00 Å². The van der Waals surface area contributed by atoms with Crippen molar-refractivity contribution in [3.8, 4) is 5.75 Å². The number of hydrogen-bond donors (Lipinski definition) is 1. The first-order chi connectivity index (χ1) is 16.5. The first-order valence-corrected chi connectivity index (χ1v) is 13.1. The SMILES string of the molecule is CCOC(=O)c1c(NC(=O)CSc2nnc(COc3ccc(CC)cc3)n2C)sc2c1CCC2. The Bertz CT molecular complexity index is 1170. The number of rotatable bonds is 10. The van der Waals surface area contributed by atoms with Gasteiger partial charge in [0.05, 0.1) is 17.9 Å². The Kier molecular flexibility index (Phi) is 7.89. The van der Waals surface area contributed by atoms with E-state index >= 15 is 0 Å². The van der Waals surface area contributed by atoms with Gasteiger partial charge in [-0.25, -0.2) is 4.79 Å². The van der Waals surface area contributed by atoms with Crippen LogP contribution in [0.25, 0.3) is 0 Å². The Hall–Kier alpha value is -2.85. The molecule has 1 aromatic carbocycles. The molecule has 1 aliphatic rings. The number of thioether (sulfide) groups is 1. The van der Waals surface area contributed by atoms with E-state index in [1.807, 2.05) is 35.9 Å². The summed E-state index contributed by atoms with van der Waals surface area (Å²) in [5.74, 6) is 1.02. The quantitative estimate of drug-likeness (QED) is 0.325. The highest BCUT2D eigenvalue weighted by Crippen LogP contribution is 2.39. The van der Waals surface area contributed by atoms with Gasteiger partial charge in [-0.05, 0) is 55.9 Å². The Balaban J connectivity index is 1.34. The average molecular weight is 501 g/mol. The van der Waals surface area contributed by atoms with E-state index in [1.165, 1.54) is 28.7 Å². The van der Waals surface area contributed by atoms with Crippen molar-refractivity contribution < 1.29 is 19.1 Å². The Labute approximate surface area is 207 Å². The van der Waals surface area contributed by atoms with Crippen molar-refractivity contribution in [3.63, 3.8) is 0 Å². The molecule has 34 heavy (non-hydrogen) atoms. The lowest BCUT2D eigenvalue weighted by atomic mass is 10.1. The zero-order valence-corrected chi connectivity index (χ0v) is 21.2. The van der Waals surface area contributed by atoms with Gasteiger partial charge in [-0.1, -0.05) is 30.8 Å². The molecular formula is C24H28N4O4S2. The fourth-order valence-corrected chi connectivity index (χ4v) is 5.79. The second-order valence-corrected chi connectivity index (χ2v) is 9.91. The fourth-order valence-electron chi connectivity index (χ4n) is 3.77. The number of nitrogens with one attached hydrogen (secondary N) is 1. The third-order valence-corrected chi connectivity index (χ3v) is 7.84. The van der Waals surface area contributed by atoms with Gasteiger partial charge >= 0.3 is 5.97 Å². The van der Waals surface area contributed by atoms with Crippen LogP contribution in [0.15, 0.2) is 29.4 Å². The van der Waals surface area contributed by atoms with Crippen molar-refractivity contribution in [3.05, 3.63) is 51.7 Å². The molecule has 1 amide bonds. The summed E-state index contributed by atoms with van der Waals surface area (Å²) in [6, 6.07) is 7.98. The number of fused-ring (bicyclic) bond motifs is 1. The molecule has 3 aromatic rings. The van der Waals surface area contributed by atoms with E-state index in [0.29, 0.717) is 28.2 Å². The van der Waals surface area contributed by atoms with Crippen molar-refractivity contribution in [2.24, 2.45) is 7.05 Å². The Morgan fingerprint density at radius 3 is 2.71 bits per heavy atom. The molecule has 1 N–H and O–H groups in total. The number of hydrogen-bond acceptors (Lipinski definition) is 8. The number of carbonyl (C=O) groups excluding carboxylic acids is 2. The van der Waals surface area contributed by atoms with Gasteiger partial charge in [-0.2, -0.15) is 0 Å². The zero-order chi connectivity index (χ0) is 24.1. The molecule has 0 bridgehead atoms. The van der Waals surface area contributed by atoms with Gasteiger partial charge in [0.2, 0.25) is 5.91 Å². The second kappa shape index (κ2) is 11.1. The van der Waals surface area contributed by atoms with Crippen LogP contribution in [0, 0.1) is 0 Å². The minimum absolute atomic E-state index is 0.149. The molecule has 0 radical (unpaired) electrons. The predicted octanol–water partition coefficient (Wildman–Crippen LogP) is 4.41. The molecule has 0 aliphatic heterocycles. The number of aromatic nitrogens is 3. The summed E-state index contributed by atoms with van der Waals surface area (Å²) < 4.78 is 12.9. The number of amides is 1. The molecule has 0 saturated heterocycles. The molecule has 1 aliphatic carbocycles. The highest BCUT2D eigenvalue weighted by molar-refractivity contribution is 7.99. The largest absolute Gasteiger partial charge is 0.486 e. The maximum atomic E-state index is 12.7. The molecule has 2 heterocycles. The zero-order valence-electron chi connectivity index (χ0n) is 19.6. The molecule has 0 spiro atoms. The summed E-state index contributed by atoms with van der Waals surface area (Å²) in [5.41, 5.74) is 2.79. The van der Waals surface area contributed by atoms with E-state index in [1.54, 1.807) is 6.92 Å². The first-order valence-electron chi connectivity index (χ1n) is 11.3. The van der Waals surface area contributed by atoms with Gasteiger partial charge in [0.1, 0.15) is 17.4 Å². The number of nitrogens with zero attached hydrogens (tertiary/aromatic N) is 3. The number of carbonyl (C=O) groups is 2. The van der Waals surface area contributed by atoms with Crippen molar-refractivity contribution in [1.29, 1.82) is 0 Å². The number of ether oxygens (including phenoxy) is 2. The van der Waals surface area contributed by atoms with Gasteiger partial charge in [0.15, 0.2) is 11.0 Å². The molecule has 4 rings (SSSR count). The molecule has 2 aromatic heterocycles. The number of anilines is 1. The van der Waals surface area contributed by atoms with Crippen molar-refractivity contribution in [2.45, 2.75) is 51.3 Å².